The van der Waals surface area contributed by atoms with Gasteiger partial charge in [0.05, 0.1) is 0 Å². The van der Waals surface area contributed by atoms with Gasteiger partial charge in [-0.25, -0.2) is 0 Å². The van der Waals surface area contributed by atoms with Crippen LogP contribution in [0.15, 0.2) is 34.1 Å². The molecule has 1 aromatic heterocycles. The van der Waals surface area contributed by atoms with Gasteiger partial charge >= 0.3 is 0 Å². The highest BCUT2D eigenvalue weighted by atomic mass is 79.9. The Morgan fingerprint density at radius 2 is 2.00 bits per heavy atom. The number of ether oxygens (including phenoxy) is 2. The number of fused-ring (bicyclic) bond motifs is 1. The SMILES string of the molecule is Brc1ccsc1CNCCc1ccc2c(c1)OCCO2. The summed E-state index contributed by atoms with van der Waals surface area (Å²) in [5, 5.41) is 5.56. The predicted molar refractivity (Wildman–Crippen MR) is 84.9 cm³/mol. The van der Waals surface area contributed by atoms with Gasteiger partial charge in [0.2, 0.25) is 0 Å². The first-order chi connectivity index (χ1) is 9.83. The van der Waals surface area contributed by atoms with Gasteiger partial charge in [-0.15, -0.1) is 11.3 Å². The van der Waals surface area contributed by atoms with Gasteiger partial charge < -0.3 is 14.8 Å². The molecule has 1 aliphatic heterocycles. The summed E-state index contributed by atoms with van der Waals surface area (Å²) < 4.78 is 12.3. The third kappa shape index (κ3) is 3.34. The zero-order chi connectivity index (χ0) is 13.8. The first-order valence-electron chi connectivity index (χ1n) is 6.64. The van der Waals surface area contributed by atoms with Gasteiger partial charge in [-0.3, -0.25) is 0 Å². The maximum atomic E-state index is 5.60. The summed E-state index contributed by atoms with van der Waals surface area (Å²) in [6.07, 6.45) is 0.986. The fraction of sp³-hybridized carbons (Fsp3) is 0.333. The van der Waals surface area contributed by atoms with Crippen LogP contribution < -0.4 is 14.8 Å². The lowest BCUT2D eigenvalue weighted by Gasteiger charge is -2.18. The molecule has 0 amide bonds. The van der Waals surface area contributed by atoms with E-state index in [0.717, 1.165) is 31.0 Å². The second-order valence-electron chi connectivity index (χ2n) is 4.60. The van der Waals surface area contributed by atoms with E-state index in [1.54, 1.807) is 11.3 Å². The number of thiophene rings is 1. The molecule has 3 rings (SSSR count). The maximum Gasteiger partial charge on any atom is 0.161 e. The number of hydrogen-bond donors (Lipinski definition) is 1. The van der Waals surface area contributed by atoms with E-state index in [4.69, 9.17) is 9.47 Å². The number of halogens is 1. The van der Waals surface area contributed by atoms with Crippen molar-refractivity contribution >= 4 is 27.3 Å². The average molecular weight is 354 g/mol. The van der Waals surface area contributed by atoms with E-state index < -0.39 is 0 Å². The van der Waals surface area contributed by atoms with Crippen molar-refractivity contribution < 1.29 is 9.47 Å². The summed E-state index contributed by atoms with van der Waals surface area (Å²) in [6, 6.07) is 8.27. The second kappa shape index (κ2) is 6.61. The molecule has 0 spiro atoms. The highest BCUT2D eigenvalue weighted by Gasteiger charge is 2.11. The number of rotatable bonds is 5. The Bertz CT molecular complexity index is 585. The van der Waals surface area contributed by atoms with E-state index in [-0.39, 0.29) is 0 Å². The maximum absolute atomic E-state index is 5.60. The lowest BCUT2D eigenvalue weighted by atomic mass is 10.1. The van der Waals surface area contributed by atoms with E-state index >= 15 is 0 Å². The molecule has 0 saturated heterocycles. The number of nitrogens with one attached hydrogen (secondary N) is 1. The van der Waals surface area contributed by atoms with Crippen molar-refractivity contribution in [3.63, 3.8) is 0 Å². The Balaban J connectivity index is 1.50. The molecule has 0 atom stereocenters. The lowest BCUT2D eigenvalue weighted by molar-refractivity contribution is 0.171. The van der Waals surface area contributed by atoms with Crippen LogP contribution in [0.1, 0.15) is 10.4 Å². The van der Waals surface area contributed by atoms with Crippen molar-refractivity contribution in [1.82, 2.24) is 5.32 Å². The minimum Gasteiger partial charge on any atom is -0.486 e. The fourth-order valence-corrected chi connectivity index (χ4v) is 3.59. The monoisotopic (exact) mass is 353 g/mol. The normalized spacial score (nSPS) is 13.4. The van der Waals surface area contributed by atoms with Gasteiger partial charge in [0.15, 0.2) is 11.5 Å². The summed E-state index contributed by atoms with van der Waals surface area (Å²) in [4.78, 5) is 1.34. The molecule has 1 aromatic carbocycles. The molecular weight excluding hydrogens is 338 g/mol. The summed E-state index contributed by atoms with van der Waals surface area (Å²) in [6.45, 7) is 3.14. The third-order valence-electron chi connectivity index (χ3n) is 3.17. The van der Waals surface area contributed by atoms with Crippen molar-refractivity contribution in [1.29, 1.82) is 0 Å². The van der Waals surface area contributed by atoms with Crippen LogP contribution in [-0.2, 0) is 13.0 Å². The first-order valence-corrected chi connectivity index (χ1v) is 8.31. The summed E-state index contributed by atoms with van der Waals surface area (Å²) in [5.74, 6) is 1.73. The quantitative estimate of drug-likeness (QED) is 0.832. The third-order valence-corrected chi connectivity index (χ3v) is 5.10. The van der Waals surface area contributed by atoms with Crippen molar-refractivity contribution in [2.45, 2.75) is 13.0 Å². The highest BCUT2D eigenvalue weighted by molar-refractivity contribution is 9.10. The van der Waals surface area contributed by atoms with E-state index in [1.165, 1.54) is 14.9 Å². The van der Waals surface area contributed by atoms with Crippen molar-refractivity contribution in [2.24, 2.45) is 0 Å². The molecule has 5 heteroatoms. The zero-order valence-corrected chi connectivity index (χ0v) is 13.4. The van der Waals surface area contributed by atoms with E-state index in [9.17, 15) is 0 Å². The molecular formula is C15H16BrNO2S. The van der Waals surface area contributed by atoms with Crippen LogP contribution in [0.4, 0.5) is 0 Å². The van der Waals surface area contributed by atoms with Gasteiger partial charge in [0.1, 0.15) is 13.2 Å². The largest absolute Gasteiger partial charge is 0.486 e. The van der Waals surface area contributed by atoms with Crippen LogP contribution in [0, 0.1) is 0 Å². The van der Waals surface area contributed by atoms with Gasteiger partial charge in [-0.05, 0) is 58.0 Å². The van der Waals surface area contributed by atoms with E-state index in [1.807, 2.05) is 6.07 Å². The van der Waals surface area contributed by atoms with E-state index in [0.29, 0.717) is 13.2 Å². The molecule has 106 valence electrons. The van der Waals surface area contributed by atoms with Crippen molar-refractivity contribution in [2.75, 3.05) is 19.8 Å². The molecule has 2 heterocycles. The Labute approximate surface area is 131 Å². The van der Waals surface area contributed by atoms with Crippen LogP contribution in [0.3, 0.4) is 0 Å². The minimum atomic E-state index is 0.640. The minimum absolute atomic E-state index is 0.640. The molecule has 3 nitrogen and oxygen atoms in total. The summed E-state index contributed by atoms with van der Waals surface area (Å²) in [5.41, 5.74) is 1.27. The Kier molecular flexibility index (Phi) is 4.60. The average Bonchev–Trinajstić information content (AvgIpc) is 2.89. The molecule has 0 unspecified atom stereocenters. The molecule has 0 radical (unpaired) electrons. The Morgan fingerprint density at radius 1 is 1.15 bits per heavy atom. The highest BCUT2D eigenvalue weighted by Crippen LogP contribution is 2.30. The molecule has 2 aromatic rings. The zero-order valence-electron chi connectivity index (χ0n) is 11.0. The van der Waals surface area contributed by atoms with E-state index in [2.05, 4.69) is 44.8 Å². The molecule has 1 N–H and O–H groups in total. The Hall–Kier alpha value is -1.04. The Morgan fingerprint density at radius 3 is 2.80 bits per heavy atom. The van der Waals surface area contributed by atoms with Gasteiger partial charge in [-0.2, -0.15) is 0 Å². The predicted octanol–water partition coefficient (Wildman–Crippen LogP) is 3.61. The molecule has 0 aliphatic carbocycles. The van der Waals surface area contributed by atoms with Gasteiger partial charge in [0.25, 0.3) is 0 Å². The summed E-state index contributed by atoms with van der Waals surface area (Å²) >= 11 is 5.31. The second-order valence-corrected chi connectivity index (χ2v) is 6.45. The topological polar surface area (TPSA) is 30.5 Å². The molecule has 20 heavy (non-hydrogen) atoms. The van der Waals surface area contributed by atoms with Gasteiger partial charge in [0, 0.05) is 15.9 Å². The summed E-state index contributed by atoms with van der Waals surface area (Å²) in [7, 11) is 0. The number of hydrogen-bond acceptors (Lipinski definition) is 4. The fourth-order valence-electron chi connectivity index (χ4n) is 2.13. The molecule has 0 bridgehead atoms. The standard InChI is InChI=1S/C15H16BrNO2S/c16-12-4-8-20-15(12)10-17-5-3-11-1-2-13-14(9-11)19-7-6-18-13/h1-2,4,8-9,17H,3,5-7,10H2. The smallest absolute Gasteiger partial charge is 0.161 e. The lowest BCUT2D eigenvalue weighted by Crippen LogP contribution is -2.17. The van der Waals surface area contributed by atoms with Crippen molar-refractivity contribution in [3.05, 3.63) is 44.6 Å². The molecule has 1 aliphatic rings. The number of benzene rings is 1. The van der Waals surface area contributed by atoms with Crippen LogP contribution in [0.25, 0.3) is 0 Å². The molecule has 0 fully saturated rings. The molecule has 0 saturated carbocycles. The van der Waals surface area contributed by atoms with Crippen LogP contribution >= 0.6 is 27.3 Å². The van der Waals surface area contributed by atoms with Crippen molar-refractivity contribution in [3.8, 4) is 11.5 Å². The van der Waals surface area contributed by atoms with Crippen LogP contribution in [0.5, 0.6) is 11.5 Å². The first kappa shape index (κ1) is 13.9. The van der Waals surface area contributed by atoms with Gasteiger partial charge in [-0.1, -0.05) is 6.07 Å². The van der Waals surface area contributed by atoms with Crippen LogP contribution in [-0.4, -0.2) is 19.8 Å². The van der Waals surface area contributed by atoms with Crippen LogP contribution in [0.2, 0.25) is 0 Å².